The molecular formula is C13H15FN2O2. The second kappa shape index (κ2) is 5.18. The number of hydrogen-bond donors (Lipinski definition) is 3. The number of hydrogen-bond acceptors (Lipinski definition) is 2. The van der Waals surface area contributed by atoms with Crippen LogP contribution in [0.1, 0.15) is 17.4 Å². The third-order valence-electron chi connectivity index (χ3n) is 2.78. The molecule has 18 heavy (non-hydrogen) atoms. The highest BCUT2D eigenvalue weighted by Crippen LogP contribution is 2.18. The Bertz CT molecular complexity index is 565. The van der Waals surface area contributed by atoms with Crippen molar-refractivity contribution in [1.29, 1.82) is 0 Å². The van der Waals surface area contributed by atoms with Crippen LogP contribution in [0.15, 0.2) is 24.3 Å². The zero-order valence-electron chi connectivity index (χ0n) is 10.0. The lowest BCUT2D eigenvalue weighted by atomic mass is 10.2. The number of nitrogens with one attached hydrogen (secondary N) is 2. The zero-order valence-corrected chi connectivity index (χ0v) is 10.0. The van der Waals surface area contributed by atoms with Gasteiger partial charge in [0.15, 0.2) is 0 Å². The van der Waals surface area contributed by atoms with Crippen molar-refractivity contribution in [1.82, 2.24) is 10.3 Å². The fraction of sp³-hybridized carbons (Fsp3) is 0.308. The summed E-state index contributed by atoms with van der Waals surface area (Å²) in [4.78, 5) is 14.7. The van der Waals surface area contributed by atoms with Crippen LogP contribution in [0.2, 0.25) is 0 Å². The van der Waals surface area contributed by atoms with Gasteiger partial charge >= 0.3 is 0 Å². The molecule has 4 nitrogen and oxygen atoms in total. The highest BCUT2D eigenvalue weighted by molar-refractivity contribution is 5.98. The van der Waals surface area contributed by atoms with Crippen LogP contribution in [0.3, 0.4) is 0 Å². The van der Waals surface area contributed by atoms with Crippen LogP contribution >= 0.6 is 0 Å². The number of aliphatic hydroxyl groups excluding tert-OH is 1. The summed E-state index contributed by atoms with van der Waals surface area (Å²) in [6.45, 7) is 2.22. The number of fused-ring (bicyclic) bond motifs is 1. The lowest BCUT2D eigenvalue weighted by Gasteiger charge is -2.08. The van der Waals surface area contributed by atoms with Crippen LogP contribution in [0.25, 0.3) is 10.9 Å². The van der Waals surface area contributed by atoms with E-state index in [2.05, 4.69) is 10.3 Å². The number of H-pyrrole nitrogens is 1. The number of carbonyl (C=O) groups is 1. The summed E-state index contributed by atoms with van der Waals surface area (Å²) in [6, 6.07) is 6.14. The molecule has 2 aromatic rings. The predicted octanol–water partition coefficient (Wildman–Crippen LogP) is 1.67. The van der Waals surface area contributed by atoms with Crippen molar-refractivity contribution in [2.24, 2.45) is 5.92 Å². The Labute approximate surface area is 104 Å². The van der Waals surface area contributed by atoms with E-state index < -0.39 is 0 Å². The molecule has 1 aromatic carbocycles. The molecule has 1 unspecified atom stereocenters. The van der Waals surface area contributed by atoms with Crippen LogP contribution in [0.5, 0.6) is 0 Å². The molecule has 0 saturated carbocycles. The van der Waals surface area contributed by atoms with E-state index in [0.717, 1.165) is 0 Å². The van der Waals surface area contributed by atoms with Gasteiger partial charge in [-0.25, -0.2) is 4.39 Å². The Kier molecular flexibility index (Phi) is 3.62. The van der Waals surface area contributed by atoms with Crippen molar-refractivity contribution in [2.75, 3.05) is 13.2 Å². The van der Waals surface area contributed by atoms with Crippen LogP contribution in [-0.2, 0) is 0 Å². The van der Waals surface area contributed by atoms with Gasteiger partial charge in [0, 0.05) is 24.1 Å². The molecule has 2 rings (SSSR count). The van der Waals surface area contributed by atoms with Crippen molar-refractivity contribution in [3.05, 3.63) is 35.8 Å². The van der Waals surface area contributed by atoms with E-state index in [0.29, 0.717) is 23.1 Å². The van der Waals surface area contributed by atoms with Gasteiger partial charge < -0.3 is 15.4 Å². The van der Waals surface area contributed by atoms with Crippen LogP contribution in [-0.4, -0.2) is 29.1 Å². The van der Waals surface area contributed by atoms with E-state index in [1.165, 1.54) is 12.1 Å². The average molecular weight is 250 g/mol. The molecule has 5 heteroatoms. The number of rotatable bonds is 4. The first-order valence-electron chi connectivity index (χ1n) is 5.78. The quantitative estimate of drug-likeness (QED) is 0.772. The number of benzene rings is 1. The van der Waals surface area contributed by atoms with E-state index in [4.69, 9.17) is 5.11 Å². The molecule has 0 aliphatic rings. The number of carbonyl (C=O) groups excluding carboxylic acids is 1. The largest absolute Gasteiger partial charge is 0.396 e. The molecule has 1 atom stereocenters. The van der Waals surface area contributed by atoms with Gasteiger partial charge in [-0.2, -0.15) is 0 Å². The van der Waals surface area contributed by atoms with E-state index >= 15 is 0 Å². The highest BCUT2D eigenvalue weighted by Gasteiger charge is 2.12. The van der Waals surface area contributed by atoms with Crippen molar-refractivity contribution < 1.29 is 14.3 Å². The van der Waals surface area contributed by atoms with Crippen LogP contribution < -0.4 is 5.32 Å². The normalized spacial score (nSPS) is 12.6. The summed E-state index contributed by atoms with van der Waals surface area (Å²) in [6.07, 6.45) is 0. The Morgan fingerprint density at radius 3 is 3.00 bits per heavy atom. The smallest absolute Gasteiger partial charge is 0.267 e. The Hall–Kier alpha value is -1.88. The molecule has 1 aromatic heterocycles. The second-order valence-corrected chi connectivity index (χ2v) is 4.38. The molecule has 96 valence electrons. The third kappa shape index (κ3) is 2.51. The Balaban J connectivity index is 2.16. The maximum Gasteiger partial charge on any atom is 0.267 e. The number of aliphatic hydroxyl groups is 1. The van der Waals surface area contributed by atoms with Gasteiger partial charge in [-0.15, -0.1) is 0 Å². The molecule has 1 amide bonds. The molecule has 0 fully saturated rings. The van der Waals surface area contributed by atoms with E-state index in [9.17, 15) is 9.18 Å². The standard InChI is InChI=1S/C13H15FN2O2/c1-8(7-17)6-15-13(18)12-5-9-10(14)3-2-4-11(9)16-12/h2-5,8,16-17H,6-7H2,1H3,(H,15,18). The van der Waals surface area contributed by atoms with E-state index in [1.54, 1.807) is 12.1 Å². The molecule has 0 bridgehead atoms. The number of aromatic amines is 1. The maximum absolute atomic E-state index is 13.4. The van der Waals surface area contributed by atoms with Gasteiger partial charge in [-0.3, -0.25) is 4.79 Å². The van der Waals surface area contributed by atoms with Crippen LogP contribution in [0, 0.1) is 11.7 Å². The molecule has 1 heterocycles. The zero-order chi connectivity index (χ0) is 13.1. The van der Waals surface area contributed by atoms with Gasteiger partial charge in [-0.1, -0.05) is 13.0 Å². The lowest BCUT2D eigenvalue weighted by molar-refractivity contribution is 0.0938. The van der Waals surface area contributed by atoms with Crippen molar-refractivity contribution in [3.8, 4) is 0 Å². The van der Waals surface area contributed by atoms with Gasteiger partial charge in [-0.05, 0) is 24.1 Å². The molecular weight excluding hydrogens is 235 g/mol. The SMILES string of the molecule is CC(CO)CNC(=O)c1cc2c(F)cccc2[nH]1. The Morgan fingerprint density at radius 2 is 2.33 bits per heavy atom. The van der Waals surface area contributed by atoms with Gasteiger partial charge in [0.1, 0.15) is 11.5 Å². The van der Waals surface area contributed by atoms with Crippen molar-refractivity contribution >= 4 is 16.8 Å². The minimum Gasteiger partial charge on any atom is -0.396 e. The monoisotopic (exact) mass is 250 g/mol. The summed E-state index contributed by atoms with van der Waals surface area (Å²) < 4.78 is 13.4. The van der Waals surface area contributed by atoms with Gasteiger partial charge in [0.05, 0.1) is 0 Å². The highest BCUT2D eigenvalue weighted by atomic mass is 19.1. The summed E-state index contributed by atoms with van der Waals surface area (Å²) in [7, 11) is 0. The van der Waals surface area contributed by atoms with E-state index in [-0.39, 0.29) is 24.2 Å². The summed E-state index contributed by atoms with van der Waals surface area (Å²) in [5.41, 5.74) is 0.913. The van der Waals surface area contributed by atoms with Gasteiger partial charge in [0.2, 0.25) is 0 Å². The third-order valence-corrected chi connectivity index (χ3v) is 2.78. The minimum atomic E-state index is -0.355. The summed E-state index contributed by atoms with van der Waals surface area (Å²) in [5, 5.41) is 11.9. The first-order valence-corrected chi connectivity index (χ1v) is 5.78. The molecule has 0 aliphatic heterocycles. The number of amides is 1. The molecule has 0 spiro atoms. The maximum atomic E-state index is 13.4. The topological polar surface area (TPSA) is 65.1 Å². The fourth-order valence-corrected chi connectivity index (χ4v) is 1.67. The summed E-state index contributed by atoms with van der Waals surface area (Å²) >= 11 is 0. The summed E-state index contributed by atoms with van der Waals surface area (Å²) in [5.74, 6) is -0.660. The predicted molar refractivity (Wildman–Crippen MR) is 66.8 cm³/mol. The first kappa shape index (κ1) is 12.6. The van der Waals surface area contributed by atoms with Crippen molar-refractivity contribution in [3.63, 3.8) is 0 Å². The Morgan fingerprint density at radius 1 is 1.56 bits per heavy atom. The minimum absolute atomic E-state index is 0.00457. The number of halogens is 1. The van der Waals surface area contributed by atoms with Crippen LogP contribution in [0.4, 0.5) is 4.39 Å². The molecule has 3 N–H and O–H groups in total. The first-order chi connectivity index (χ1) is 8.61. The average Bonchev–Trinajstić information content (AvgIpc) is 2.81. The van der Waals surface area contributed by atoms with Crippen molar-refractivity contribution in [2.45, 2.75) is 6.92 Å². The molecule has 0 radical (unpaired) electrons. The molecule has 0 saturated heterocycles. The lowest BCUT2D eigenvalue weighted by Crippen LogP contribution is -2.29. The van der Waals surface area contributed by atoms with Gasteiger partial charge in [0.25, 0.3) is 5.91 Å². The van der Waals surface area contributed by atoms with E-state index in [1.807, 2.05) is 6.92 Å². The molecule has 0 aliphatic carbocycles. The number of aromatic nitrogens is 1. The second-order valence-electron chi connectivity index (χ2n) is 4.38. The fourth-order valence-electron chi connectivity index (χ4n) is 1.67.